The lowest BCUT2D eigenvalue weighted by atomic mass is 10.1. The molecule has 1 aromatic heterocycles. The van der Waals surface area contributed by atoms with Crippen LogP contribution in [0.4, 0.5) is 15.9 Å². The Labute approximate surface area is 163 Å². The van der Waals surface area contributed by atoms with Gasteiger partial charge < -0.3 is 15.4 Å². The van der Waals surface area contributed by atoms with Gasteiger partial charge in [-0.3, -0.25) is 4.79 Å². The molecule has 0 aliphatic carbocycles. The highest BCUT2D eigenvalue weighted by atomic mass is 19.1. The molecule has 3 rings (SSSR count). The maximum Gasteiger partial charge on any atom is 0.255 e. The molecule has 0 unspecified atom stereocenters. The Morgan fingerprint density at radius 1 is 1.14 bits per heavy atom. The Bertz CT molecular complexity index is 976. The maximum atomic E-state index is 13.7. The van der Waals surface area contributed by atoms with Crippen LogP contribution in [0.2, 0.25) is 0 Å². The minimum Gasteiger partial charge on any atom is -0.495 e. The molecule has 5 nitrogen and oxygen atoms in total. The molecule has 0 spiro atoms. The SMILES string of the molecule is COc1ccc(C)cc1NC(=O)c1ccnc(NCCc2ccccc2F)c1. The van der Waals surface area contributed by atoms with E-state index in [0.717, 1.165) is 5.56 Å². The highest BCUT2D eigenvalue weighted by molar-refractivity contribution is 6.05. The number of pyridine rings is 1. The zero-order chi connectivity index (χ0) is 19.9. The van der Waals surface area contributed by atoms with E-state index in [-0.39, 0.29) is 11.7 Å². The summed E-state index contributed by atoms with van der Waals surface area (Å²) in [5.41, 5.74) is 2.72. The van der Waals surface area contributed by atoms with Gasteiger partial charge >= 0.3 is 0 Å². The van der Waals surface area contributed by atoms with Crippen LogP contribution in [0.25, 0.3) is 0 Å². The van der Waals surface area contributed by atoms with Crippen molar-refractivity contribution in [3.63, 3.8) is 0 Å². The van der Waals surface area contributed by atoms with E-state index in [1.165, 1.54) is 6.07 Å². The molecule has 0 saturated carbocycles. The number of rotatable bonds is 7. The van der Waals surface area contributed by atoms with Gasteiger partial charge in [0.05, 0.1) is 12.8 Å². The fourth-order valence-electron chi connectivity index (χ4n) is 2.81. The molecule has 1 heterocycles. The first-order valence-corrected chi connectivity index (χ1v) is 8.96. The molecule has 3 aromatic rings. The lowest BCUT2D eigenvalue weighted by molar-refractivity contribution is 0.102. The van der Waals surface area contributed by atoms with Gasteiger partial charge in [0.2, 0.25) is 0 Å². The second-order valence-corrected chi connectivity index (χ2v) is 6.36. The topological polar surface area (TPSA) is 63.2 Å². The number of nitrogens with zero attached hydrogens (tertiary/aromatic N) is 1. The number of aryl methyl sites for hydroxylation is 1. The van der Waals surface area contributed by atoms with Crippen molar-refractivity contribution in [2.24, 2.45) is 0 Å². The van der Waals surface area contributed by atoms with Crippen molar-refractivity contribution >= 4 is 17.4 Å². The fraction of sp³-hybridized carbons (Fsp3) is 0.182. The zero-order valence-corrected chi connectivity index (χ0v) is 15.8. The molecule has 0 fully saturated rings. The van der Waals surface area contributed by atoms with E-state index in [1.54, 1.807) is 43.6 Å². The number of aromatic nitrogens is 1. The quantitative estimate of drug-likeness (QED) is 0.637. The lowest BCUT2D eigenvalue weighted by Crippen LogP contribution is -2.14. The minimum absolute atomic E-state index is 0.225. The predicted octanol–water partition coefficient (Wildman–Crippen LogP) is 4.44. The van der Waals surface area contributed by atoms with Crippen molar-refractivity contribution in [1.29, 1.82) is 0 Å². The van der Waals surface area contributed by atoms with Crippen molar-refractivity contribution in [2.45, 2.75) is 13.3 Å². The molecule has 0 atom stereocenters. The largest absolute Gasteiger partial charge is 0.495 e. The van der Waals surface area contributed by atoms with Gasteiger partial charge in [-0.15, -0.1) is 0 Å². The monoisotopic (exact) mass is 379 g/mol. The molecule has 144 valence electrons. The summed E-state index contributed by atoms with van der Waals surface area (Å²) in [7, 11) is 1.56. The zero-order valence-electron chi connectivity index (χ0n) is 15.8. The minimum atomic E-state index is -0.261. The Balaban J connectivity index is 1.65. The van der Waals surface area contributed by atoms with Gasteiger partial charge in [-0.25, -0.2) is 9.37 Å². The number of carbonyl (C=O) groups is 1. The summed E-state index contributed by atoms with van der Waals surface area (Å²) in [5.74, 6) is 0.664. The van der Waals surface area contributed by atoms with Crippen LogP contribution in [-0.2, 0) is 6.42 Å². The van der Waals surface area contributed by atoms with Crippen molar-refractivity contribution in [2.75, 3.05) is 24.3 Å². The van der Waals surface area contributed by atoms with Crippen LogP contribution < -0.4 is 15.4 Å². The summed E-state index contributed by atoms with van der Waals surface area (Å²) in [6, 6.07) is 15.6. The molecule has 1 amide bonds. The van der Waals surface area contributed by atoms with Gasteiger partial charge in [-0.1, -0.05) is 24.3 Å². The van der Waals surface area contributed by atoms with E-state index < -0.39 is 0 Å². The van der Waals surface area contributed by atoms with Gasteiger partial charge in [0, 0.05) is 18.3 Å². The summed E-state index contributed by atoms with van der Waals surface area (Å²) in [6.45, 7) is 2.45. The highest BCUT2D eigenvalue weighted by Crippen LogP contribution is 2.25. The van der Waals surface area contributed by atoms with Crippen molar-refractivity contribution in [3.05, 3.63) is 83.3 Å². The van der Waals surface area contributed by atoms with E-state index in [4.69, 9.17) is 4.74 Å². The number of halogens is 1. The molecule has 0 radical (unpaired) electrons. The molecule has 2 N–H and O–H groups in total. The molecule has 0 aliphatic heterocycles. The number of carbonyl (C=O) groups excluding carboxylic acids is 1. The van der Waals surface area contributed by atoms with Crippen molar-refractivity contribution in [3.8, 4) is 5.75 Å². The lowest BCUT2D eigenvalue weighted by Gasteiger charge is -2.12. The van der Waals surface area contributed by atoms with E-state index >= 15 is 0 Å². The first-order valence-electron chi connectivity index (χ1n) is 8.96. The van der Waals surface area contributed by atoms with Crippen LogP contribution >= 0.6 is 0 Å². The smallest absolute Gasteiger partial charge is 0.255 e. The summed E-state index contributed by atoms with van der Waals surface area (Å²) in [6.07, 6.45) is 2.08. The third-order valence-electron chi connectivity index (χ3n) is 4.28. The van der Waals surface area contributed by atoms with Gasteiger partial charge in [0.15, 0.2) is 0 Å². The van der Waals surface area contributed by atoms with E-state index in [1.807, 2.05) is 25.1 Å². The second kappa shape index (κ2) is 8.99. The normalized spacial score (nSPS) is 10.4. The van der Waals surface area contributed by atoms with Gasteiger partial charge in [0.1, 0.15) is 17.4 Å². The summed E-state index contributed by atoms with van der Waals surface area (Å²) in [5, 5.41) is 5.99. The second-order valence-electron chi connectivity index (χ2n) is 6.36. The number of hydrogen-bond acceptors (Lipinski definition) is 4. The average molecular weight is 379 g/mol. The van der Waals surface area contributed by atoms with E-state index in [0.29, 0.717) is 41.3 Å². The Morgan fingerprint density at radius 3 is 2.75 bits per heavy atom. The first-order chi connectivity index (χ1) is 13.6. The van der Waals surface area contributed by atoms with Gasteiger partial charge in [-0.2, -0.15) is 0 Å². The van der Waals surface area contributed by atoms with E-state index in [9.17, 15) is 9.18 Å². The summed E-state index contributed by atoms with van der Waals surface area (Å²) in [4.78, 5) is 16.8. The van der Waals surface area contributed by atoms with Crippen LogP contribution in [0.15, 0.2) is 60.8 Å². The number of anilines is 2. The van der Waals surface area contributed by atoms with Gasteiger partial charge in [0.25, 0.3) is 5.91 Å². The number of benzene rings is 2. The molecule has 0 aliphatic rings. The van der Waals surface area contributed by atoms with Crippen molar-refractivity contribution < 1.29 is 13.9 Å². The maximum absolute atomic E-state index is 13.7. The first kappa shape index (κ1) is 19.4. The number of ether oxygens (including phenoxy) is 1. The molecule has 0 saturated heterocycles. The molecular formula is C22H22FN3O2. The van der Waals surface area contributed by atoms with Crippen LogP contribution in [0, 0.1) is 12.7 Å². The van der Waals surface area contributed by atoms with Gasteiger partial charge in [-0.05, 0) is 54.8 Å². The predicted molar refractivity (Wildman–Crippen MR) is 109 cm³/mol. The standard InChI is InChI=1S/C22H22FN3O2/c1-15-7-8-20(28-2)19(13-15)26-22(27)17-10-12-25-21(14-17)24-11-9-16-5-3-4-6-18(16)23/h3-8,10,12-14H,9,11H2,1-2H3,(H,24,25)(H,26,27). The Hall–Kier alpha value is -3.41. The third-order valence-corrected chi connectivity index (χ3v) is 4.28. The van der Waals surface area contributed by atoms with Crippen molar-refractivity contribution in [1.82, 2.24) is 4.98 Å². The number of hydrogen-bond donors (Lipinski definition) is 2. The fourth-order valence-corrected chi connectivity index (χ4v) is 2.81. The molecule has 6 heteroatoms. The molecule has 28 heavy (non-hydrogen) atoms. The average Bonchev–Trinajstić information content (AvgIpc) is 2.70. The summed E-state index contributed by atoms with van der Waals surface area (Å²) < 4.78 is 19.0. The Morgan fingerprint density at radius 2 is 1.96 bits per heavy atom. The number of amides is 1. The van der Waals surface area contributed by atoms with E-state index in [2.05, 4.69) is 15.6 Å². The summed E-state index contributed by atoms with van der Waals surface area (Å²) >= 11 is 0. The van der Waals surface area contributed by atoms with Crippen LogP contribution in [0.1, 0.15) is 21.5 Å². The van der Waals surface area contributed by atoms with Crippen LogP contribution in [0.5, 0.6) is 5.75 Å². The highest BCUT2D eigenvalue weighted by Gasteiger charge is 2.11. The third kappa shape index (κ3) is 4.85. The Kier molecular flexibility index (Phi) is 6.22. The number of methoxy groups -OCH3 is 1. The molecule has 0 bridgehead atoms. The van der Waals surface area contributed by atoms with Crippen LogP contribution in [0.3, 0.4) is 0 Å². The molecular weight excluding hydrogens is 357 g/mol. The number of nitrogens with one attached hydrogen (secondary N) is 2. The van der Waals surface area contributed by atoms with Crippen LogP contribution in [-0.4, -0.2) is 24.5 Å². The molecule has 2 aromatic carbocycles.